The zero-order valence-corrected chi connectivity index (χ0v) is 16.9. The molecule has 2 atom stereocenters. The summed E-state index contributed by atoms with van der Waals surface area (Å²) in [5.74, 6) is 0.830. The van der Waals surface area contributed by atoms with E-state index in [1.165, 1.54) is 19.3 Å². The molecule has 1 N–H and O–H groups in total. The van der Waals surface area contributed by atoms with Crippen LogP contribution in [0, 0.1) is 0 Å². The lowest BCUT2D eigenvalue weighted by molar-refractivity contribution is -0.0194. The van der Waals surface area contributed by atoms with Crippen LogP contribution < -0.4 is 9.47 Å². The molecule has 5 nitrogen and oxygen atoms in total. The highest BCUT2D eigenvalue weighted by atomic mass is 16.6. The van der Waals surface area contributed by atoms with E-state index in [-0.39, 0.29) is 12.1 Å². The second kappa shape index (κ2) is 11.3. The van der Waals surface area contributed by atoms with Crippen molar-refractivity contribution >= 4 is 5.97 Å². The first-order chi connectivity index (χ1) is 13.5. The van der Waals surface area contributed by atoms with Crippen LogP contribution in [-0.4, -0.2) is 24.3 Å². The Bertz CT molecular complexity index is 709. The summed E-state index contributed by atoms with van der Waals surface area (Å²) in [6, 6.07) is 13.6. The molecule has 0 saturated carbocycles. The summed E-state index contributed by atoms with van der Waals surface area (Å²) in [7, 11) is 1.59. The summed E-state index contributed by atoms with van der Waals surface area (Å²) in [4.78, 5) is 12.2. The van der Waals surface area contributed by atoms with Gasteiger partial charge in [0.25, 0.3) is 0 Å². The largest absolute Gasteiger partial charge is 0.497 e. The molecule has 5 heteroatoms. The van der Waals surface area contributed by atoms with Crippen LogP contribution in [-0.2, 0) is 4.74 Å². The lowest BCUT2D eigenvalue weighted by Gasteiger charge is -2.15. The van der Waals surface area contributed by atoms with E-state index in [9.17, 15) is 9.90 Å². The predicted molar refractivity (Wildman–Crippen MR) is 109 cm³/mol. The third-order valence-corrected chi connectivity index (χ3v) is 4.51. The van der Waals surface area contributed by atoms with Gasteiger partial charge in [-0.3, -0.25) is 0 Å². The van der Waals surface area contributed by atoms with Crippen molar-refractivity contribution in [2.24, 2.45) is 0 Å². The van der Waals surface area contributed by atoms with Gasteiger partial charge >= 0.3 is 5.97 Å². The van der Waals surface area contributed by atoms with Crippen molar-refractivity contribution in [1.82, 2.24) is 0 Å². The number of hydrogen-bond donors (Lipinski definition) is 1. The Kier molecular flexibility index (Phi) is 8.82. The molecule has 2 rings (SSSR count). The molecule has 152 valence electrons. The maximum absolute atomic E-state index is 12.2. The van der Waals surface area contributed by atoms with Gasteiger partial charge in [0.05, 0.1) is 18.8 Å². The molecule has 0 amide bonds. The average molecular weight is 386 g/mol. The summed E-state index contributed by atoms with van der Waals surface area (Å²) >= 11 is 0. The number of methoxy groups -OCH3 is 1. The number of ether oxygens (including phenoxy) is 3. The Balaban J connectivity index is 1.85. The summed E-state index contributed by atoms with van der Waals surface area (Å²) in [5.41, 5.74) is 1.08. The van der Waals surface area contributed by atoms with Crippen molar-refractivity contribution in [3.63, 3.8) is 0 Å². The number of aliphatic hydroxyl groups excluding tert-OH is 1. The van der Waals surface area contributed by atoms with Crippen molar-refractivity contribution in [3.05, 3.63) is 59.7 Å². The lowest BCUT2D eigenvalue weighted by Crippen LogP contribution is -2.15. The van der Waals surface area contributed by atoms with Crippen LogP contribution in [0.15, 0.2) is 48.5 Å². The fourth-order valence-electron chi connectivity index (χ4n) is 2.80. The molecule has 2 unspecified atom stereocenters. The van der Waals surface area contributed by atoms with E-state index in [1.54, 1.807) is 55.6 Å². The first-order valence-electron chi connectivity index (χ1n) is 9.83. The fraction of sp³-hybridized carbons (Fsp3) is 0.435. The monoisotopic (exact) mass is 386 g/mol. The van der Waals surface area contributed by atoms with Crippen LogP contribution in [0.3, 0.4) is 0 Å². The molecule has 0 aromatic heterocycles. The van der Waals surface area contributed by atoms with Gasteiger partial charge in [0.1, 0.15) is 11.5 Å². The second-order valence-electron chi connectivity index (χ2n) is 6.83. The molecule has 0 fully saturated rings. The molecule has 2 aromatic rings. The minimum atomic E-state index is -1.10. The topological polar surface area (TPSA) is 65.0 Å². The number of carbonyl (C=O) groups is 1. The number of carbonyl (C=O) groups excluding carboxylic acids is 1. The van der Waals surface area contributed by atoms with Crippen LogP contribution >= 0.6 is 0 Å². The Morgan fingerprint density at radius 1 is 0.964 bits per heavy atom. The first kappa shape index (κ1) is 21.8. The van der Waals surface area contributed by atoms with Crippen LogP contribution in [0.1, 0.15) is 68.2 Å². The van der Waals surface area contributed by atoms with Crippen LogP contribution in [0.25, 0.3) is 0 Å². The molecular weight excluding hydrogens is 356 g/mol. The molecule has 0 aliphatic rings. The molecule has 0 aliphatic heterocycles. The third-order valence-electron chi connectivity index (χ3n) is 4.51. The van der Waals surface area contributed by atoms with Gasteiger partial charge in [0.2, 0.25) is 6.29 Å². The maximum Gasteiger partial charge on any atom is 0.338 e. The van der Waals surface area contributed by atoms with Gasteiger partial charge in [-0.1, -0.05) is 26.2 Å². The first-order valence-corrected chi connectivity index (χ1v) is 9.83. The molecule has 28 heavy (non-hydrogen) atoms. The molecule has 0 heterocycles. The standard InChI is InChI=1S/C23H30O5/c1-4-5-6-7-8-17(2)27-22(24)18-11-15-21(16-12-18)28-23(25)19-9-13-20(26-3)14-10-19/h9-17,23,25H,4-8H2,1-3H3. The fourth-order valence-corrected chi connectivity index (χ4v) is 2.80. The number of unbranched alkanes of at least 4 members (excludes halogenated alkanes) is 3. The van der Waals surface area contributed by atoms with Crippen molar-refractivity contribution in [3.8, 4) is 11.5 Å². The highest BCUT2D eigenvalue weighted by Gasteiger charge is 2.13. The average Bonchev–Trinajstić information content (AvgIpc) is 2.71. The molecule has 2 aromatic carbocycles. The van der Waals surface area contributed by atoms with Crippen LogP contribution in [0.4, 0.5) is 0 Å². The quantitative estimate of drug-likeness (QED) is 0.323. The number of esters is 1. The molecular formula is C23H30O5. The van der Waals surface area contributed by atoms with E-state index in [0.29, 0.717) is 22.6 Å². The van der Waals surface area contributed by atoms with E-state index >= 15 is 0 Å². The van der Waals surface area contributed by atoms with E-state index in [4.69, 9.17) is 14.2 Å². The Hall–Kier alpha value is -2.53. The van der Waals surface area contributed by atoms with Crippen LogP contribution in [0.2, 0.25) is 0 Å². The van der Waals surface area contributed by atoms with Crippen molar-refractivity contribution < 1.29 is 24.1 Å². The minimum Gasteiger partial charge on any atom is -0.497 e. The van der Waals surface area contributed by atoms with E-state index in [2.05, 4.69) is 6.92 Å². The zero-order valence-electron chi connectivity index (χ0n) is 16.9. The minimum absolute atomic E-state index is 0.0998. The zero-order chi connectivity index (χ0) is 20.4. The van der Waals surface area contributed by atoms with E-state index in [1.807, 2.05) is 6.92 Å². The summed E-state index contributed by atoms with van der Waals surface area (Å²) in [6.07, 6.45) is 4.31. The Morgan fingerprint density at radius 3 is 2.21 bits per heavy atom. The normalized spacial score (nSPS) is 12.9. The summed E-state index contributed by atoms with van der Waals surface area (Å²) < 4.78 is 16.1. The SMILES string of the molecule is CCCCCCC(C)OC(=O)c1ccc(OC(O)c2ccc(OC)cc2)cc1. The highest BCUT2D eigenvalue weighted by Crippen LogP contribution is 2.23. The van der Waals surface area contributed by atoms with Crippen molar-refractivity contribution in [1.29, 1.82) is 0 Å². The van der Waals surface area contributed by atoms with Gasteiger partial charge in [0.15, 0.2) is 0 Å². The number of aliphatic hydroxyl groups is 1. The number of rotatable bonds is 11. The molecule has 0 bridgehead atoms. The summed E-state index contributed by atoms with van der Waals surface area (Å²) in [6.45, 7) is 4.10. The van der Waals surface area contributed by atoms with Crippen molar-refractivity contribution in [2.75, 3.05) is 7.11 Å². The summed E-state index contributed by atoms with van der Waals surface area (Å²) in [5, 5.41) is 10.2. The van der Waals surface area contributed by atoms with Crippen LogP contribution in [0.5, 0.6) is 11.5 Å². The van der Waals surface area contributed by atoms with Gasteiger partial charge in [-0.2, -0.15) is 0 Å². The third kappa shape index (κ3) is 6.89. The molecule has 0 radical (unpaired) electrons. The number of benzene rings is 2. The lowest BCUT2D eigenvalue weighted by atomic mass is 10.1. The van der Waals surface area contributed by atoms with Crippen molar-refractivity contribution in [2.45, 2.75) is 58.3 Å². The predicted octanol–water partition coefficient (Wildman–Crippen LogP) is 5.28. The van der Waals surface area contributed by atoms with Gasteiger partial charge in [-0.15, -0.1) is 0 Å². The maximum atomic E-state index is 12.2. The van der Waals surface area contributed by atoms with E-state index < -0.39 is 6.29 Å². The Morgan fingerprint density at radius 2 is 1.61 bits per heavy atom. The molecule has 0 aliphatic carbocycles. The highest BCUT2D eigenvalue weighted by molar-refractivity contribution is 5.89. The number of hydrogen-bond acceptors (Lipinski definition) is 5. The second-order valence-corrected chi connectivity index (χ2v) is 6.83. The van der Waals surface area contributed by atoms with Gasteiger partial charge in [-0.25, -0.2) is 4.79 Å². The van der Waals surface area contributed by atoms with Gasteiger partial charge in [0, 0.05) is 5.56 Å². The van der Waals surface area contributed by atoms with E-state index in [0.717, 1.165) is 12.8 Å². The molecule has 0 saturated heterocycles. The van der Waals surface area contributed by atoms with Gasteiger partial charge < -0.3 is 19.3 Å². The smallest absolute Gasteiger partial charge is 0.338 e. The Labute approximate surface area is 167 Å². The van der Waals surface area contributed by atoms with Gasteiger partial charge in [-0.05, 0) is 68.3 Å². The molecule has 0 spiro atoms.